The lowest BCUT2D eigenvalue weighted by Crippen LogP contribution is -2.16. The maximum atomic E-state index is 10.0. The van der Waals surface area contributed by atoms with Gasteiger partial charge in [-0.1, -0.05) is 56.1 Å². The number of benzene rings is 3. The molecule has 0 saturated carbocycles. The minimum absolute atomic E-state index is 0.262. The molecular formula is C23H16Br2N2O2. The first-order chi connectivity index (χ1) is 14.1. The topological polar surface area (TPSA) is 54.6 Å². The molecule has 1 aliphatic rings. The number of fused-ring (bicyclic) bond motifs is 3. The Morgan fingerprint density at radius 1 is 1.10 bits per heavy atom. The van der Waals surface area contributed by atoms with Crippen molar-refractivity contribution >= 4 is 49.0 Å². The monoisotopic (exact) mass is 510 g/mol. The van der Waals surface area contributed by atoms with E-state index in [0.717, 1.165) is 30.8 Å². The highest BCUT2D eigenvalue weighted by atomic mass is 79.9. The molecule has 4 rings (SSSR count). The van der Waals surface area contributed by atoms with E-state index >= 15 is 0 Å². The lowest BCUT2D eigenvalue weighted by atomic mass is 9.81. The molecule has 0 fully saturated rings. The van der Waals surface area contributed by atoms with Crippen LogP contribution in [0.1, 0.15) is 24.0 Å². The van der Waals surface area contributed by atoms with Crippen molar-refractivity contribution in [2.75, 3.05) is 6.61 Å². The van der Waals surface area contributed by atoms with Gasteiger partial charge in [0.05, 0.1) is 12.5 Å². The molecule has 0 aromatic heterocycles. The number of aliphatic imine (C=N–C) groups is 1. The van der Waals surface area contributed by atoms with Gasteiger partial charge in [0.2, 0.25) is 5.88 Å². The normalized spacial score (nSPS) is 15.9. The SMILES string of the molecule is CCO/C=N/C1=C(C#N)C(c2ccc(Br)cc2)c2c(ccc3cc(Br)ccc23)O1. The first-order valence-electron chi connectivity index (χ1n) is 9.06. The van der Waals surface area contributed by atoms with Gasteiger partial charge in [-0.25, -0.2) is 0 Å². The molecule has 3 aromatic rings. The fourth-order valence-electron chi connectivity index (χ4n) is 3.47. The van der Waals surface area contributed by atoms with Gasteiger partial charge in [-0.2, -0.15) is 10.3 Å². The highest BCUT2D eigenvalue weighted by molar-refractivity contribution is 9.10. The van der Waals surface area contributed by atoms with Crippen LogP contribution in [-0.4, -0.2) is 13.0 Å². The number of halogens is 2. The van der Waals surface area contributed by atoms with Crippen molar-refractivity contribution in [2.24, 2.45) is 4.99 Å². The average Bonchev–Trinajstić information content (AvgIpc) is 2.73. The van der Waals surface area contributed by atoms with E-state index in [9.17, 15) is 5.26 Å². The van der Waals surface area contributed by atoms with Crippen molar-refractivity contribution < 1.29 is 9.47 Å². The first-order valence-corrected chi connectivity index (χ1v) is 10.6. The summed E-state index contributed by atoms with van der Waals surface area (Å²) in [4.78, 5) is 4.28. The fraction of sp³-hybridized carbons (Fsp3) is 0.130. The molecule has 0 radical (unpaired) electrons. The zero-order valence-electron chi connectivity index (χ0n) is 15.5. The van der Waals surface area contributed by atoms with Crippen LogP contribution in [0.2, 0.25) is 0 Å². The second-order valence-corrected chi connectivity index (χ2v) is 8.28. The van der Waals surface area contributed by atoms with Crippen LogP contribution >= 0.6 is 31.9 Å². The van der Waals surface area contributed by atoms with E-state index in [4.69, 9.17) is 9.47 Å². The maximum Gasteiger partial charge on any atom is 0.236 e. The average molecular weight is 512 g/mol. The van der Waals surface area contributed by atoms with Gasteiger partial charge in [-0.3, -0.25) is 0 Å². The van der Waals surface area contributed by atoms with Gasteiger partial charge < -0.3 is 9.47 Å². The summed E-state index contributed by atoms with van der Waals surface area (Å²) >= 11 is 7.02. The van der Waals surface area contributed by atoms with Crippen LogP contribution in [0.5, 0.6) is 5.75 Å². The summed E-state index contributed by atoms with van der Waals surface area (Å²) in [5.41, 5.74) is 2.41. The van der Waals surface area contributed by atoms with Crippen molar-refractivity contribution in [3.8, 4) is 11.8 Å². The van der Waals surface area contributed by atoms with Crippen LogP contribution in [-0.2, 0) is 4.74 Å². The summed E-state index contributed by atoms with van der Waals surface area (Å²) in [5, 5.41) is 12.1. The summed E-state index contributed by atoms with van der Waals surface area (Å²) in [7, 11) is 0. The molecule has 0 bridgehead atoms. The van der Waals surface area contributed by atoms with Gasteiger partial charge in [-0.15, -0.1) is 0 Å². The lowest BCUT2D eigenvalue weighted by Gasteiger charge is -2.28. The number of ether oxygens (including phenoxy) is 2. The minimum Gasteiger partial charge on any atom is -0.483 e. The second-order valence-electron chi connectivity index (χ2n) is 6.45. The van der Waals surface area contributed by atoms with Gasteiger partial charge in [-0.05, 0) is 53.6 Å². The lowest BCUT2D eigenvalue weighted by molar-refractivity contribution is 0.336. The Hall–Kier alpha value is -2.62. The van der Waals surface area contributed by atoms with Crippen molar-refractivity contribution in [3.05, 3.63) is 86.1 Å². The van der Waals surface area contributed by atoms with E-state index in [2.05, 4.69) is 55.1 Å². The zero-order chi connectivity index (χ0) is 20.4. The zero-order valence-corrected chi connectivity index (χ0v) is 18.7. The van der Waals surface area contributed by atoms with E-state index in [1.54, 1.807) is 0 Å². The van der Waals surface area contributed by atoms with E-state index in [1.807, 2.05) is 49.4 Å². The van der Waals surface area contributed by atoms with Crippen LogP contribution in [0, 0.1) is 11.3 Å². The van der Waals surface area contributed by atoms with Gasteiger partial charge in [0, 0.05) is 14.5 Å². The van der Waals surface area contributed by atoms with Crippen LogP contribution in [0.3, 0.4) is 0 Å². The number of hydrogen-bond acceptors (Lipinski definition) is 4. The Labute approximate surface area is 185 Å². The molecule has 3 aromatic carbocycles. The molecule has 0 spiro atoms. The standard InChI is InChI=1S/C23H16Br2N2O2/c1-2-28-13-27-23-19(12-26)21(14-3-6-16(24)7-4-14)22-18-9-8-17(25)11-15(18)5-10-20(22)29-23/h3-11,13,21H,2H2,1H3/b27-13+. The summed E-state index contributed by atoms with van der Waals surface area (Å²) in [6.45, 7) is 2.36. The summed E-state index contributed by atoms with van der Waals surface area (Å²) in [5.74, 6) is 0.656. The third kappa shape index (κ3) is 3.81. The Bertz CT molecular complexity index is 1180. The molecule has 1 atom stereocenters. The predicted octanol–water partition coefficient (Wildman–Crippen LogP) is 6.69. The van der Waals surface area contributed by atoms with E-state index in [0.29, 0.717) is 17.9 Å². The predicted molar refractivity (Wildman–Crippen MR) is 121 cm³/mol. The molecule has 4 nitrogen and oxygen atoms in total. The van der Waals surface area contributed by atoms with E-state index < -0.39 is 0 Å². The number of rotatable bonds is 4. The minimum atomic E-state index is -0.296. The maximum absolute atomic E-state index is 10.0. The third-order valence-electron chi connectivity index (χ3n) is 4.73. The van der Waals surface area contributed by atoms with E-state index in [1.165, 1.54) is 6.40 Å². The molecule has 0 N–H and O–H groups in total. The number of nitriles is 1. The van der Waals surface area contributed by atoms with Gasteiger partial charge in [0.1, 0.15) is 17.4 Å². The number of hydrogen-bond donors (Lipinski definition) is 0. The molecule has 1 unspecified atom stereocenters. The molecule has 1 heterocycles. The molecule has 0 aliphatic carbocycles. The summed E-state index contributed by atoms with van der Waals surface area (Å²) < 4.78 is 13.3. The molecule has 0 amide bonds. The van der Waals surface area contributed by atoms with Gasteiger partial charge >= 0.3 is 0 Å². The molecule has 0 saturated heterocycles. The van der Waals surface area contributed by atoms with Crippen LogP contribution < -0.4 is 4.74 Å². The second kappa shape index (κ2) is 8.40. The molecule has 144 valence electrons. The molecule has 1 aliphatic heterocycles. The van der Waals surface area contributed by atoms with E-state index in [-0.39, 0.29) is 11.8 Å². The Balaban J connectivity index is 1.99. The quantitative estimate of drug-likeness (QED) is 0.289. The summed E-state index contributed by atoms with van der Waals surface area (Å²) in [6, 6.07) is 20.4. The molecule has 29 heavy (non-hydrogen) atoms. The van der Waals surface area contributed by atoms with Crippen LogP contribution in [0.4, 0.5) is 0 Å². The molecular weight excluding hydrogens is 496 g/mol. The highest BCUT2D eigenvalue weighted by Gasteiger charge is 2.33. The molecule has 6 heteroatoms. The smallest absolute Gasteiger partial charge is 0.236 e. The Kier molecular flexibility index (Phi) is 5.70. The van der Waals surface area contributed by atoms with Crippen LogP contribution in [0.25, 0.3) is 10.8 Å². The van der Waals surface area contributed by atoms with Crippen molar-refractivity contribution in [1.29, 1.82) is 5.26 Å². The third-order valence-corrected chi connectivity index (χ3v) is 5.75. The number of allylic oxidation sites excluding steroid dienone is 1. The first kappa shape index (κ1) is 19.7. The van der Waals surface area contributed by atoms with Crippen molar-refractivity contribution in [2.45, 2.75) is 12.8 Å². The van der Waals surface area contributed by atoms with Crippen molar-refractivity contribution in [1.82, 2.24) is 0 Å². The summed E-state index contributed by atoms with van der Waals surface area (Å²) in [6.07, 6.45) is 1.33. The van der Waals surface area contributed by atoms with Gasteiger partial charge in [0.15, 0.2) is 6.40 Å². The van der Waals surface area contributed by atoms with Crippen molar-refractivity contribution in [3.63, 3.8) is 0 Å². The number of nitrogens with zero attached hydrogens (tertiary/aromatic N) is 2. The highest BCUT2D eigenvalue weighted by Crippen LogP contribution is 2.47. The van der Waals surface area contributed by atoms with Gasteiger partial charge in [0.25, 0.3) is 0 Å². The van der Waals surface area contributed by atoms with Crippen LogP contribution in [0.15, 0.2) is 80.0 Å². The fourth-order valence-corrected chi connectivity index (χ4v) is 4.12. The Morgan fingerprint density at radius 2 is 1.86 bits per heavy atom. The largest absolute Gasteiger partial charge is 0.483 e. The Morgan fingerprint density at radius 3 is 2.59 bits per heavy atom.